The number of nitrogens with two attached hydrogens (primary N) is 1. The van der Waals surface area contributed by atoms with Crippen LogP contribution in [0.1, 0.15) is 20.3 Å². The Kier molecular flexibility index (Phi) is 5.37. The fourth-order valence-corrected chi connectivity index (χ4v) is 4.30. The highest BCUT2D eigenvalue weighted by molar-refractivity contribution is 7.89. The number of rotatable bonds is 7. The van der Waals surface area contributed by atoms with E-state index in [9.17, 15) is 8.42 Å². The molecule has 2 N–H and O–H groups in total. The average molecular weight is 315 g/mol. The summed E-state index contributed by atoms with van der Waals surface area (Å²) >= 11 is 0. The van der Waals surface area contributed by atoms with Gasteiger partial charge in [0.1, 0.15) is 4.90 Å². The molecule has 0 aliphatic carbocycles. The summed E-state index contributed by atoms with van der Waals surface area (Å²) in [5, 5.41) is 4.05. The van der Waals surface area contributed by atoms with Crippen molar-refractivity contribution in [3.63, 3.8) is 0 Å². The number of hydrogen-bond donors (Lipinski definition) is 1. The van der Waals surface area contributed by atoms with E-state index in [1.54, 1.807) is 15.2 Å². The monoisotopic (exact) mass is 315 g/mol. The highest BCUT2D eigenvalue weighted by atomic mass is 32.2. The van der Waals surface area contributed by atoms with Crippen molar-refractivity contribution in [3.05, 3.63) is 12.4 Å². The molecule has 120 valence electrons. The predicted octanol–water partition coefficient (Wildman–Crippen LogP) is -0.0534. The molecule has 1 saturated heterocycles. The molecule has 0 saturated carbocycles. The van der Waals surface area contributed by atoms with E-state index in [0.29, 0.717) is 32.2 Å². The van der Waals surface area contributed by atoms with E-state index in [-0.39, 0.29) is 4.90 Å². The van der Waals surface area contributed by atoms with E-state index in [2.05, 4.69) is 23.8 Å². The van der Waals surface area contributed by atoms with Crippen molar-refractivity contribution >= 4 is 10.0 Å². The van der Waals surface area contributed by atoms with E-state index in [4.69, 9.17) is 5.73 Å². The summed E-state index contributed by atoms with van der Waals surface area (Å²) < 4.78 is 28.4. The van der Waals surface area contributed by atoms with E-state index >= 15 is 0 Å². The van der Waals surface area contributed by atoms with E-state index in [1.807, 2.05) is 0 Å². The Balaban J connectivity index is 2.10. The lowest BCUT2D eigenvalue weighted by molar-refractivity contribution is 0.224. The van der Waals surface area contributed by atoms with E-state index in [1.165, 1.54) is 6.20 Å². The first-order chi connectivity index (χ1) is 10.0. The summed E-state index contributed by atoms with van der Waals surface area (Å²) in [5.74, 6) is 0. The van der Waals surface area contributed by atoms with Crippen molar-refractivity contribution in [1.29, 1.82) is 0 Å². The maximum absolute atomic E-state index is 12.6. The van der Waals surface area contributed by atoms with Crippen LogP contribution in [0.4, 0.5) is 0 Å². The van der Waals surface area contributed by atoms with Gasteiger partial charge in [0.15, 0.2) is 0 Å². The van der Waals surface area contributed by atoms with Crippen LogP contribution in [0, 0.1) is 0 Å². The molecular weight excluding hydrogens is 290 g/mol. The molecule has 21 heavy (non-hydrogen) atoms. The van der Waals surface area contributed by atoms with Gasteiger partial charge in [0, 0.05) is 31.9 Å². The summed E-state index contributed by atoms with van der Waals surface area (Å²) in [4.78, 5) is 2.57. The first kappa shape index (κ1) is 16.4. The van der Waals surface area contributed by atoms with Gasteiger partial charge in [-0.05, 0) is 19.5 Å². The zero-order valence-electron chi connectivity index (χ0n) is 12.8. The third-order valence-electron chi connectivity index (χ3n) is 4.06. The Bertz CT molecular complexity index is 553. The van der Waals surface area contributed by atoms with Gasteiger partial charge in [-0.15, -0.1) is 0 Å². The zero-order valence-corrected chi connectivity index (χ0v) is 13.6. The summed E-state index contributed by atoms with van der Waals surface area (Å²) in [6.45, 7) is 8.21. The minimum Gasteiger partial charge on any atom is -0.329 e. The fraction of sp³-hybridized carbons (Fsp3) is 0.769. The quantitative estimate of drug-likeness (QED) is 0.762. The van der Waals surface area contributed by atoms with Crippen molar-refractivity contribution in [2.75, 3.05) is 32.7 Å². The minimum absolute atomic E-state index is 0.260. The molecule has 0 aromatic carbocycles. The van der Waals surface area contributed by atoms with Crippen molar-refractivity contribution in [2.45, 2.75) is 37.8 Å². The third kappa shape index (κ3) is 3.45. The molecule has 1 aromatic rings. The van der Waals surface area contributed by atoms with Gasteiger partial charge in [-0.2, -0.15) is 9.40 Å². The topological polar surface area (TPSA) is 84.5 Å². The van der Waals surface area contributed by atoms with Crippen LogP contribution in [0.25, 0.3) is 0 Å². The van der Waals surface area contributed by atoms with E-state index in [0.717, 1.165) is 19.5 Å². The largest absolute Gasteiger partial charge is 0.329 e. The van der Waals surface area contributed by atoms with Crippen LogP contribution in [0.2, 0.25) is 0 Å². The number of nitrogens with zero attached hydrogens (tertiary/aromatic N) is 4. The van der Waals surface area contributed by atoms with Gasteiger partial charge in [0.2, 0.25) is 10.0 Å². The standard InChI is InChI=1S/C13H25N5O2S/c1-3-16(4-2)12-5-7-18(10-12)21(19,20)13-9-15-17(11-13)8-6-14/h9,11-12H,3-8,10,14H2,1-2H3. The van der Waals surface area contributed by atoms with Crippen molar-refractivity contribution in [1.82, 2.24) is 19.0 Å². The molecular formula is C13H25N5O2S. The Morgan fingerprint density at radius 1 is 1.43 bits per heavy atom. The van der Waals surface area contributed by atoms with Gasteiger partial charge in [0.25, 0.3) is 0 Å². The predicted molar refractivity (Wildman–Crippen MR) is 81.4 cm³/mol. The second-order valence-corrected chi connectivity index (χ2v) is 7.19. The van der Waals surface area contributed by atoms with Crippen molar-refractivity contribution in [3.8, 4) is 0 Å². The molecule has 1 aromatic heterocycles. The normalized spacial score (nSPS) is 20.5. The molecule has 1 aliphatic heterocycles. The van der Waals surface area contributed by atoms with Crippen molar-refractivity contribution < 1.29 is 8.42 Å². The highest BCUT2D eigenvalue weighted by Crippen LogP contribution is 2.23. The van der Waals surface area contributed by atoms with Crippen molar-refractivity contribution in [2.24, 2.45) is 5.73 Å². The molecule has 2 heterocycles. The molecule has 1 aliphatic rings. The molecule has 1 unspecified atom stereocenters. The number of sulfonamides is 1. The van der Waals surface area contributed by atoms with Gasteiger partial charge in [-0.3, -0.25) is 9.58 Å². The second-order valence-electron chi connectivity index (χ2n) is 5.25. The third-order valence-corrected chi connectivity index (χ3v) is 5.88. The lowest BCUT2D eigenvalue weighted by atomic mass is 10.2. The van der Waals surface area contributed by atoms with E-state index < -0.39 is 10.0 Å². The molecule has 0 amide bonds. The fourth-order valence-electron chi connectivity index (χ4n) is 2.85. The summed E-state index contributed by atoms with van der Waals surface area (Å²) in [5.41, 5.74) is 5.46. The minimum atomic E-state index is -3.44. The Labute approximate surface area is 126 Å². The smallest absolute Gasteiger partial charge is 0.246 e. The van der Waals surface area contributed by atoms with Gasteiger partial charge < -0.3 is 5.73 Å². The van der Waals surface area contributed by atoms with Gasteiger partial charge in [-0.1, -0.05) is 13.8 Å². The molecule has 0 spiro atoms. The Morgan fingerprint density at radius 2 is 2.14 bits per heavy atom. The highest BCUT2D eigenvalue weighted by Gasteiger charge is 2.35. The first-order valence-corrected chi connectivity index (χ1v) is 8.93. The maximum atomic E-state index is 12.6. The van der Waals surface area contributed by atoms with Crippen LogP contribution in [-0.4, -0.2) is 66.2 Å². The lowest BCUT2D eigenvalue weighted by Gasteiger charge is -2.25. The van der Waals surface area contributed by atoms with Gasteiger partial charge in [0.05, 0.1) is 12.7 Å². The molecule has 7 nitrogen and oxygen atoms in total. The lowest BCUT2D eigenvalue weighted by Crippen LogP contribution is -2.38. The Morgan fingerprint density at radius 3 is 2.76 bits per heavy atom. The molecule has 1 fully saturated rings. The van der Waals surface area contributed by atoms with Crippen LogP contribution in [0.15, 0.2) is 17.3 Å². The zero-order chi connectivity index (χ0) is 15.5. The first-order valence-electron chi connectivity index (χ1n) is 7.49. The molecule has 2 rings (SSSR count). The van der Waals surface area contributed by atoms with Crippen LogP contribution >= 0.6 is 0 Å². The second kappa shape index (κ2) is 6.87. The van der Waals surface area contributed by atoms with Crippen LogP contribution in [0.3, 0.4) is 0 Å². The van der Waals surface area contributed by atoms with Crippen LogP contribution in [-0.2, 0) is 16.6 Å². The Hall–Kier alpha value is -0.960. The number of likely N-dealkylation sites (N-methyl/N-ethyl adjacent to an activating group) is 1. The maximum Gasteiger partial charge on any atom is 0.246 e. The summed E-state index contributed by atoms with van der Waals surface area (Å²) in [6, 6.07) is 0.314. The number of aromatic nitrogens is 2. The molecule has 0 radical (unpaired) electrons. The molecule has 8 heteroatoms. The molecule has 1 atom stereocenters. The van der Waals surface area contributed by atoms with Gasteiger partial charge >= 0.3 is 0 Å². The summed E-state index contributed by atoms with van der Waals surface area (Å²) in [6.07, 6.45) is 3.86. The van der Waals surface area contributed by atoms with Crippen LogP contribution < -0.4 is 5.73 Å². The number of hydrogen-bond acceptors (Lipinski definition) is 5. The summed E-state index contributed by atoms with van der Waals surface area (Å²) in [7, 11) is -3.44. The van der Waals surface area contributed by atoms with Crippen LogP contribution in [0.5, 0.6) is 0 Å². The SMILES string of the molecule is CCN(CC)C1CCN(S(=O)(=O)c2cnn(CCN)c2)C1. The van der Waals surface area contributed by atoms with Gasteiger partial charge in [-0.25, -0.2) is 8.42 Å². The molecule has 0 bridgehead atoms. The average Bonchev–Trinajstić information content (AvgIpc) is 3.10.